The number of hydrazine groups is 1. The van der Waals surface area contributed by atoms with Gasteiger partial charge in [-0.1, -0.05) is 0 Å². The van der Waals surface area contributed by atoms with Crippen LogP contribution in [0.25, 0.3) is 0 Å². The van der Waals surface area contributed by atoms with Crippen LogP contribution in [0.5, 0.6) is 0 Å². The number of nitrogens with one attached hydrogen (secondary N) is 3. The maximum absolute atomic E-state index is 9.88. The zero-order valence-corrected chi connectivity index (χ0v) is 3.84. The van der Waals surface area contributed by atoms with E-state index >= 15 is 0 Å². The average Bonchev–Trinajstić information content (AvgIpc) is 1.83. The van der Waals surface area contributed by atoms with E-state index in [0.717, 1.165) is 0 Å². The number of hydrogen-bond donors (Lipinski definition) is 4. The predicted molar refractivity (Wildman–Crippen MR) is 22.7 cm³/mol. The molecular weight excluding hydrogens is 114 g/mol. The first-order chi connectivity index (χ1) is 3.81. The molecule has 0 heterocycles. The molecule has 0 aromatic heterocycles. The first kappa shape index (κ1) is 6.70. The molecule has 0 unspecified atom stereocenters. The number of hydrogen-bond acceptors (Lipinski definition) is 3. The van der Waals surface area contributed by atoms with Gasteiger partial charge in [0.25, 0.3) is 0 Å². The lowest BCUT2D eigenvalue weighted by atomic mass is 11.1. The van der Waals surface area contributed by atoms with Gasteiger partial charge in [-0.3, -0.25) is 15.4 Å². The molecule has 0 aliphatic carbocycles. The molecule has 6 heteroatoms. The minimum absolute atomic E-state index is 0.259. The quantitative estimate of drug-likeness (QED) is 0.199. The molecule has 0 aliphatic heterocycles. The Kier molecular flexibility index (Phi) is 3.25. The summed E-state index contributed by atoms with van der Waals surface area (Å²) in [6.07, 6.45) is 0.259. The van der Waals surface area contributed by atoms with Crippen LogP contribution in [-0.2, 0) is 4.79 Å². The van der Waals surface area contributed by atoms with Crippen molar-refractivity contribution in [2.45, 2.75) is 0 Å². The summed E-state index contributed by atoms with van der Waals surface area (Å²) in [6, 6.07) is -0.892. The SMILES string of the molecule is O=CNNC(=O)NO. The molecule has 0 saturated carbocycles. The second kappa shape index (κ2) is 3.88. The van der Waals surface area contributed by atoms with Gasteiger partial charge in [-0.2, -0.15) is 0 Å². The highest BCUT2D eigenvalue weighted by Crippen LogP contribution is 1.49. The van der Waals surface area contributed by atoms with Crippen molar-refractivity contribution in [2.75, 3.05) is 0 Å². The van der Waals surface area contributed by atoms with E-state index in [1.54, 1.807) is 10.9 Å². The summed E-state index contributed by atoms with van der Waals surface area (Å²) in [5.41, 5.74) is 4.79. The van der Waals surface area contributed by atoms with E-state index in [0.29, 0.717) is 0 Å². The number of hydroxylamine groups is 1. The molecule has 3 amide bonds. The average molecular weight is 119 g/mol. The minimum Gasteiger partial charge on any atom is -0.287 e. The summed E-state index contributed by atoms with van der Waals surface area (Å²) >= 11 is 0. The van der Waals surface area contributed by atoms with Gasteiger partial charge in [0.05, 0.1) is 0 Å². The van der Waals surface area contributed by atoms with Gasteiger partial charge in [-0.25, -0.2) is 15.7 Å². The molecule has 0 bridgehead atoms. The van der Waals surface area contributed by atoms with E-state index in [2.05, 4.69) is 0 Å². The second-order valence-electron chi connectivity index (χ2n) is 0.828. The Hall–Kier alpha value is -1.30. The maximum atomic E-state index is 9.88. The Morgan fingerprint density at radius 3 is 2.62 bits per heavy atom. The normalized spacial score (nSPS) is 7.12. The van der Waals surface area contributed by atoms with Crippen molar-refractivity contribution in [1.82, 2.24) is 16.3 Å². The summed E-state index contributed by atoms with van der Waals surface area (Å²) in [5, 5.41) is 7.74. The Morgan fingerprint density at radius 2 is 2.25 bits per heavy atom. The monoisotopic (exact) mass is 119 g/mol. The van der Waals surface area contributed by atoms with Gasteiger partial charge in [0, 0.05) is 0 Å². The minimum atomic E-state index is -0.892. The van der Waals surface area contributed by atoms with Crippen molar-refractivity contribution in [1.29, 1.82) is 0 Å². The Balaban J connectivity index is 3.11. The van der Waals surface area contributed by atoms with Crippen molar-refractivity contribution >= 4 is 12.4 Å². The lowest BCUT2D eigenvalue weighted by Crippen LogP contribution is -2.42. The molecule has 8 heavy (non-hydrogen) atoms. The lowest BCUT2D eigenvalue weighted by molar-refractivity contribution is -0.110. The number of amides is 3. The second-order valence-corrected chi connectivity index (χ2v) is 0.828. The molecule has 0 fully saturated rings. The first-order valence-electron chi connectivity index (χ1n) is 1.70. The topological polar surface area (TPSA) is 90.5 Å². The van der Waals surface area contributed by atoms with Crippen molar-refractivity contribution in [3.05, 3.63) is 0 Å². The van der Waals surface area contributed by atoms with E-state index in [9.17, 15) is 9.59 Å². The molecule has 0 atom stereocenters. The van der Waals surface area contributed by atoms with Crippen LogP contribution in [0.1, 0.15) is 0 Å². The molecule has 0 aromatic carbocycles. The molecule has 0 rings (SSSR count). The fourth-order valence-electron chi connectivity index (χ4n) is 0.123. The molecular formula is C2H5N3O3. The Morgan fingerprint density at radius 1 is 1.62 bits per heavy atom. The van der Waals surface area contributed by atoms with E-state index in [4.69, 9.17) is 5.21 Å². The summed E-state index contributed by atoms with van der Waals surface area (Å²) in [4.78, 5) is 19.3. The third-order valence-electron chi connectivity index (χ3n) is 0.346. The summed E-state index contributed by atoms with van der Waals surface area (Å²) in [5.74, 6) is 0. The third-order valence-corrected chi connectivity index (χ3v) is 0.346. The van der Waals surface area contributed by atoms with Gasteiger partial charge < -0.3 is 0 Å². The van der Waals surface area contributed by atoms with Crippen LogP contribution < -0.4 is 16.3 Å². The highest BCUT2D eigenvalue weighted by molar-refractivity contribution is 5.73. The zero-order valence-electron chi connectivity index (χ0n) is 3.84. The number of carbonyl (C=O) groups is 2. The van der Waals surface area contributed by atoms with Crippen LogP contribution in [0.15, 0.2) is 0 Å². The Bertz CT molecular complexity index is 92.5. The van der Waals surface area contributed by atoms with Crippen molar-refractivity contribution in [2.24, 2.45) is 0 Å². The van der Waals surface area contributed by atoms with Crippen LogP contribution in [0.3, 0.4) is 0 Å². The number of urea groups is 1. The standard InChI is InChI=1S/C2H5N3O3/c6-1-3-4-2(7)5-8/h1,8H,(H,3,6)(H2,4,5,7). The summed E-state index contributed by atoms with van der Waals surface area (Å²) in [6.45, 7) is 0. The number of rotatable bonds is 2. The fourth-order valence-corrected chi connectivity index (χ4v) is 0.123. The van der Waals surface area contributed by atoms with Crippen LogP contribution in [0, 0.1) is 0 Å². The fraction of sp³-hybridized carbons (Fsp3) is 0. The summed E-state index contributed by atoms with van der Waals surface area (Å²) in [7, 11) is 0. The highest BCUT2D eigenvalue weighted by atomic mass is 16.5. The van der Waals surface area contributed by atoms with Gasteiger partial charge in [-0.15, -0.1) is 0 Å². The predicted octanol–water partition coefficient (Wildman–Crippen LogP) is -1.66. The van der Waals surface area contributed by atoms with Gasteiger partial charge >= 0.3 is 6.03 Å². The highest BCUT2D eigenvalue weighted by Gasteiger charge is 1.89. The smallest absolute Gasteiger partial charge is 0.287 e. The molecule has 0 aliphatic rings. The molecule has 46 valence electrons. The van der Waals surface area contributed by atoms with Crippen LogP contribution >= 0.6 is 0 Å². The van der Waals surface area contributed by atoms with Crippen LogP contribution in [0.4, 0.5) is 4.79 Å². The van der Waals surface area contributed by atoms with Crippen molar-refractivity contribution in [3.8, 4) is 0 Å². The molecule has 0 aromatic rings. The molecule has 6 nitrogen and oxygen atoms in total. The lowest BCUT2D eigenvalue weighted by Gasteiger charge is -1.96. The third kappa shape index (κ3) is 2.91. The first-order valence-corrected chi connectivity index (χ1v) is 1.70. The largest absolute Gasteiger partial charge is 0.357 e. The zero-order chi connectivity index (χ0) is 6.41. The maximum Gasteiger partial charge on any atom is 0.357 e. The van der Waals surface area contributed by atoms with E-state index in [1.807, 2.05) is 0 Å². The molecule has 0 spiro atoms. The Labute approximate surface area is 44.8 Å². The molecule has 4 N–H and O–H groups in total. The van der Waals surface area contributed by atoms with E-state index in [1.165, 1.54) is 5.48 Å². The van der Waals surface area contributed by atoms with Crippen LogP contribution in [-0.4, -0.2) is 17.6 Å². The van der Waals surface area contributed by atoms with E-state index in [-0.39, 0.29) is 6.41 Å². The van der Waals surface area contributed by atoms with Crippen molar-refractivity contribution in [3.63, 3.8) is 0 Å². The van der Waals surface area contributed by atoms with Gasteiger partial charge in [0.1, 0.15) is 0 Å². The van der Waals surface area contributed by atoms with E-state index < -0.39 is 6.03 Å². The summed E-state index contributed by atoms with van der Waals surface area (Å²) < 4.78 is 0. The van der Waals surface area contributed by atoms with Gasteiger partial charge in [-0.05, 0) is 0 Å². The van der Waals surface area contributed by atoms with Crippen molar-refractivity contribution < 1.29 is 14.8 Å². The number of carbonyl (C=O) groups excluding carboxylic acids is 2. The van der Waals surface area contributed by atoms with Gasteiger partial charge in [0.2, 0.25) is 6.41 Å². The molecule has 0 radical (unpaired) electrons. The van der Waals surface area contributed by atoms with Crippen LogP contribution in [0.2, 0.25) is 0 Å². The molecule has 0 saturated heterocycles. The van der Waals surface area contributed by atoms with Gasteiger partial charge in [0.15, 0.2) is 0 Å².